The fourth-order valence-electron chi connectivity index (χ4n) is 2.10. The van der Waals surface area contributed by atoms with Crippen molar-refractivity contribution in [3.63, 3.8) is 0 Å². The van der Waals surface area contributed by atoms with E-state index < -0.39 is 5.97 Å². The number of hydroxylamine groups is 1. The van der Waals surface area contributed by atoms with Gasteiger partial charge in [-0.25, -0.2) is 4.79 Å². The van der Waals surface area contributed by atoms with Gasteiger partial charge in [-0.05, 0) is 18.4 Å². The van der Waals surface area contributed by atoms with Crippen molar-refractivity contribution in [2.24, 2.45) is 0 Å². The summed E-state index contributed by atoms with van der Waals surface area (Å²) in [6.45, 7) is 5.95. The molecule has 116 valence electrons. The minimum atomic E-state index is -0.415. The maximum atomic E-state index is 12.3. The number of fused-ring (bicyclic) bond motifs is 1. The molecule has 0 aliphatic heterocycles. The van der Waals surface area contributed by atoms with E-state index in [9.17, 15) is 10.0 Å². The van der Waals surface area contributed by atoms with Crippen LogP contribution in [-0.4, -0.2) is 25.8 Å². The van der Waals surface area contributed by atoms with Gasteiger partial charge in [-0.2, -0.15) is 0 Å². The van der Waals surface area contributed by atoms with Gasteiger partial charge in [-0.3, -0.25) is 5.32 Å². The highest BCUT2D eigenvalue weighted by Gasteiger charge is 2.07. The predicted octanol–water partition coefficient (Wildman–Crippen LogP) is 1.52. The van der Waals surface area contributed by atoms with Crippen LogP contribution in [0.2, 0.25) is 0 Å². The van der Waals surface area contributed by atoms with Crippen LogP contribution in [0.25, 0.3) is 10.8 Å². The minimum Gasteiger partial charge on any atom is -0.628 e. The number of ether oxygens (including phenoxy) is 1. The largest absolute Gasteiger partial charge is 0.628 e. The molecular weight excluding hydrogens is 280 g/mol. The van der Waals surface area contributed by atoms with E-state index >= 15 is 0 Å². The Morgan fingerprint density at radius 3 is 2.77 bits per heavy atom. The van der Waals surface area contributed by atoms with E-state index in [1.165, 1.54) is 0 Å². The van der Waals surface area contributed by atoms with Crippen molar-refractivity contribution >= 4 is 22.4 Å². The molecule has 22 heavy (non-hydrogen) atoms. The molecule has 0 radical (unpaired) electrons. The maximum absolute atomic E-state index is 12.3. The first-order valence-electron chi connectivity index (χ1n) is 7.14. The average Bonchev–Trinajstić information content (AvgIpc) is 2.53. The molecule has 1 atom stereocenters. The zero-order valence-electron chi connectivity index (χ0n) is 12.6. The minimum absolute atomic E-state index is 0.0167. The van der Waals surface area contributed by atoms with E-state index in [1.807, 2.05) is 42.5 Å². The van der Waals surface area contributed by atoms with Crippen molar-refractivity contribution < 1.29 is 14.6 Å². The van der Waals surface area contributed by atoms with Gasteiger partial charge in [0.05, 0.1) is 0 Å². The zero-order chi connectivity index (χ0) is 15.9. The number of hydrogen-bond donors (Lipinski definition) is 2. The van der Waals surface area contributed by atoms with Gasteiger partial charge in [0.1, 0.15) is 19.0 Å². The Kier molecular flexibility index (Phi) is 5.66. The van der Waals surface area contributed by atoms with E-state index in [1.54, 1.807) is 6.92 Å². The summed E-state index contributed by atoms with van der Waals surface area (Å²) in [4.78, 5) is 11.2. The molecule has 0 aliphatic rings. The van der Waals surface area contributed by atoms with Crippen LogP contribution in [0, 0.1) is 5.21 Å². The van der Waals surface area contributed by atoms with Crippen LogP contribution in [0.15, 0.2) is 54.6 Å². The fraction of sp³-hybridized carbons (Fsp3) is 0.235. The van der Waals surface area contributed by atoms with Crippen molar-refractivity contribution in [2.75, 3.05) is 19.8 Å². The Morgan fingerprint density at radius 1 is 1.27 bits per heavy atom. The second-order valence-electron chi connectivity index (χ2n) is 5.04. The Morgan fingerprint density at radius 2 is 2.00 bits per heavy atom. The molecule has 1 unspecified atom stereocenters. The van der Waals surface area contributed by atoms with E-state index in [0.717, 1.165) is 10.8 Å². The van der Waals surface area contributed by atoms with Crippen LogP contribution in [0.1, 0.15) is 6.92 Å². The Balaban J connectivity index is 1.85. The molecule has 0 saturated carbocycles. The summed E-state index contributed by atoms with van der Waals surface area (Å²) in [5, 5.41) is 17.3. The lowest BCUT2D eigenvalue weighted by atomic mass is 10.1. The third-order valence-electron chi connectivity index (χ3n) is 3.24. The summed E-state index contributed by atoms with van der Waals surface area (Å²) in [6.07, 6.45) is 0. The molecule has 0 amide bonds. The smallest absolute Gasteiger partial charge is 0.333 e. The Hall–Kier alpha value is -2.21. The van der Waals surface area contributed by atoms with Gasteiger partial charge in [0.25, 0.3) is 0 Å². The van der Waals surface area contributed by atoms with Crippen molar-refractivity contribution in [3.8, 4) is 0 Å². The highest BCUT2D eigenvalue weighted by atomic mass is 16.5. The Labute approximate surface area is 129 Å². The van der Waals surface area contributed by atoms with Crippen molar-refractivity contribution in [1.82, 2.24) is 5.32 Å². The van der Waals surface area contributed by atoms with Crippen LogP contribution in [0.4, 0.5) is 5.69 Å². The molecule has 2 N–H and O–H groups in total. The lowest BCUT2D eigenvalue weighted by Gasteiger charge is -2.23. The number of carbonyl (C=O) groups excluding carboxylic acids is 1. The van der Waals surface area contributed by atoms with Crippen LogP contribution < -0.4 is 10.4 Å². The number of nitrogens with one attached hydrogen (secondary N) is 2. The monoisotopic (exact) mass is 300 g/mol. The van der Waals surface area contributed by atoms with Gasteiger partial charge in [0.15, 0.2) is 0 Å². The highest BCUT2D eigenvalue weighted by Crippen LogP contribution is 2.19. The SMILES string of the molecule is C=C(C)C(=O)OCCNC[NH+]([O-])c1cccc2ccccc12. The van der Waals surface area contributed by atoms with E-state index in [4.69, 9.17) is 4.74 Å². The first-order chi connectivity index (χ1) is 10.6. The molecule has 0 spiro atoms. The third kappa shape index (κ3) is 4.14. The number of esters is 1. The summed E-state index contributed by atoms with van der Waals surface area (Å²) in [6, 6.07) is 13.5. The first kappa shape index (κ1) is 16.2. The number of carbonyl (C=O) groups is 1. The fourth-order valence-corrected chi connectivity index (χ4v) is 2.10. The predicted molar refractivity (Wildman–Crippen MR) is 86.6 cm³/mol. The van der Waals surface area contributed by atoms with Gasteiger partial charge >= 0.3 is 5.97 Å². The molecule has 0 aliphatic carbocycles. The molecule has 5 heteroatoms. The lowest BCUT2D eigenvalue weighted by Crippen LogP contribution is -3.04. The zero-order valence-corrected chi connectivity index (χ0v) is 12.6. The van der Waals surface area contributed by atoms with Gasteiger partial charge in [0, 0.05) is 23.6 Å². The van der Waals surface area contributed by atoms with Crippen LogP contribution in [0.3, 0.4) is 0 Å². The molecule has 2 rings (SSSR count). The second kappa shape index (κ2) is 7.70. The van der Waals surface area contributed by atoms with Crippen LogP contribution in [0.5, 0.6) is 0 Å². The van der Waals surface area contributed by atoms with Gasteiger partial charge in [-0.1, -0.05) is 36.9 Å². The van der Waals surface area contributed by atoms with Crippen molar-refractivity contribution in [3.05, 3.63) is 59.8 Å². The molecule has 0 fully saturated rings. The molecule has 0 aromatic heterocycles. The molecule has 2 aromatic rings. The van der Waals surface area contributed by atoms with Crippen LogP contribution in [-0.2, 0) is 9.53 Å². The van der Waals surface area contributed by atoms with Crippen molar-refractivity contribution in [1.29, 1.82) is 0 Å². The summed E-state index contributed by atoms with van der Waals surface area (Å²) in [7, 11) is 0. The number of benzene rings is 2. The standard InChI is InChI=1S/C17H20N2O3/c1-13(2)17(20)22-11-10-18-12-19(21)16-9-5-7-14-6-3-4-8-15(14)16/h3-9,18-19H,1,10-12H2,2H3. The summed E-state index contributed by atoms with van der Waals surface area (Å²) >= 11 is 0. The topological polar surface area (TPSA) is 65.8 Å². The Bertz CT molecular complexity index is 665. The third-order valence-corrected chi connectivity index (χ3v) is 3.24. The van der Waals surface area contributed by atoms with Gasteiger partial charge < -0.3 is 15.0 Å². The van der Waals surface area contributed by atoms with E-state index in [-0.39, 0.29) is 18.3 Å². The quantitative estimate of drug-likeness (QED) is 0.267. The molecule has 0 saturated heterocycles. The molecule has 5 nitrogen and oxygen atoms in total. The van der Waals surface area contributed by atoms with Crippen molar-refractivity contribution in [2.45, 2.75) is 6.92 Å². The summed E-state index contributed by atoms with van der Waals surface area (Å²) in [5.74, 6) is -0.415. The number of rotatable bonds is 7. The second-order valence-corrected chi connectivity index (χ2v) is 5.04. The molecule has 0 bridgehead atoms. The summed E-state index contributed by atoms with van der Waals surface area (Å²) < 4.78 is 4.95. The van der Waals surface area contributed by atoms with Gasteiger partial charge in [0.2, 0.25) is 0 Å². The average molecular weight is 300 g/mol. The van der Waals surface area contributed by atoms with E-state index in [0.29, 0.717) is 17.8 Å². The normalized spacial score (nSPS) is 12.1. The lowest BCUT2D eigenvalue weighted by molar-refractivity contribution is -0.778. The van der Waals surface area contributed by atoms with Gasteiger partial charge in [-0.15, -0.1) is 0 Å². The number of hydrogen-bond acceptors (Lipinski definition) is 4. The molecular formula is C17H20N2O3. The maximum Gasteiger partial charge on any atom is 0.333 e. The molecule has 0 heterocycles. The van der Waals surface area contributed by atoms with E-state index in [2.05, 4.69) is 11.9 Å². The van der Waals surface area contributed by atoms with Crippen LogP contribution >= 0.6 is 0 Å². The molecule has 2 aromatic carbocycles. The number of quaternary nitrogens is 1. The first-order valence-corrected chi connectivity index (χ1v) is 7.14. The summed E-state index contributed by atoms with van der Waals surface area (Å²) in [5.41, 5.74) is 1.07. The highest BCUT2D eigenvalue weighted by molar-refractivity contribution is 5.90.